The number of alkyl halides is 3. The number of hydrogen-bond acceptors (Lipinski definition) is 5. The molecule has 0 saturated heterocycles. The van der Waals surface area contributed by atoms with Crippen LogP contribution in [0.25, 0.3) is 5.69 Å². The lowest BCUT2D eigenvalue weighted by atomic mass is 10.2. The van der Waals surface area contributed by atoms with Crippen molar-refractivity contribution in [3.8, 4) is 11.4 Å². The fraction of sp³-hybridized carbons (Fsp3) is 0.188. The molecule has 0 aliphatic rings. The Morgan fingerprint density at radius 2 is 1.97 bits per heavy atom. The minimum absolute atomic E-state index is 0.0919. The zero-order valence-corrected chi connectivity index (χ0v) is 15.1. The summed E-state index contributed by atoms with van der Waals surface area (Å²) < 4.78 is 62.4. The molecular weight excluding hydrogens is 428 g/mol. The van der Waals surface area contributed by atoms with E-state index in [9.17, 15) is 31.9 Å². The van der Waals surface area contributed by atoms with E-state index in [-0.39, 0.29) is 27.2 Å². The monoisotopic (exact) mass is 438 g/mol. The van der Waals surface area contributed by atoms with Gasteiger partial charge >= 0.3 is 17.8 Å². The highest BCUT2D eigenvalue weighted by atomic mass is 35.5. The van der Waals surface area contributed by atoms with Gasteiger partial charge < -0.3 is 19.6 Å². The van der Waals surface area contributed by atoms with Gasteiger partial charge in [0.2, 0.25) is 0 Å². The van der Waals surface area contributed by atoms with E-state index in [1.807, 2.05) is 0 Å². The number of nitrogens with zero attached hydrogens (tertiary/aromatic N) is 1. The standard InChI is InChI=1S/C16H11ClF4N2O6/c1-28-7(2-14(25)26)6-29-11-4-10(9(18)3-8(11)17)23-13(24)5-12(16(19,20)21)22-15(23)27/h2-5H,6H2,1H3,(H,22,27)(H,25,26)/b7-2+. The molecule has 156 valence electrons. The van der Waals surface area contributed by atoms with Crippen molar-refractivity contribution in [2.45, 2.75) is 6.18 Å². The highest BCUT2D eigenvalue weighted by Gasteiger charge is 2.33. The average molecular weight is 439 g/mol. The second-order valence-corrected chi connectivity index (χ2v) is 5.74. The smallest absolute Gasteiger partial charge is 0.431 e. The molecule has 0 radical (unpaired) electrons. The lowest BCUT2D eigenvalue weighted by molar-refractivity contribution is -0.141. The first-order valence-electron chi connectivity index (χ1n) is 7.47. The summed E-state index contributed by atoms with van der Waals surface area (Å²) in [6.45, 7) is -0.466. The van der Waals surface area contributed by atoms with Crippen LogP contribution in [-0.4, -0.2) is 34.3 Å². The molecule has 0 aliphatic heterocycles. The molecule has 13 heteroatoms. The molecule has 0 saturated carbocycles. The molecule has 0 amide bonds. The van der Waals surface area contributed by atoms with Gasteiger partial charge in [0, 0.05) is 12.1 Å². The molecule has 0 bridgehead atoms. The van der Waals surface area contributed by atoms with Crippen LogP contribution in [0.4, 0.5) is 17.6 Å². The summed E-state index contributed by atoms with van der Waals surface area (Å²) in [6.07, 6.45) is -4.30. The average Bonchev–Trinajstić information content (AvgIpc) is 2.59. The van der Waals surface area contributed by atoms with Gasteiger partial charge in [0.1, 0.15) is 29.6 Å². The second-order valence-electron chi connectivity index (χ2n) is 5.34. The van der Waals surface area contributed by atoms with E-state index in [0.717, 1.165) is 13.2 Å². The zero-order chi connectivity index (χ0) is 21.9. The molecule has 29 heavy (non-hydrogen) atoms. The van der Waals surface area contributed by atoms with E-state index < -0.39 is 47.2 Å². The van der Waals surface area contributed by atoms with Crippen LogP contribution in [0.3, 0.4) is 0 Å². The SMILES string of the molecule is CO/C(=C/C(=O)O)COc1cc(-n2c(=O)cc(C(F)(F)F)[nH]c2=O)c(F)cc1Cl. The van der Waals surface area contributed by atoms with Crippen molar-refractivity contribution in [2.75, 3.05) is 13.7 Å². The molecule has 2 rings (SSSR count). The van der Waals surface area contributed by atoms with Crippen molar-refractivity contribution in [1.82, 2.24) is 9.55 Å². The number of carboxylic acid groups (broad SMARTS) is 1. The third-order valence-corrected chi connectivity index (χ3v) is 3.69. The third-order valence-electron chi connectivity index (χ3n) is 3.40. The first-order valence-corrected chi connectivity index (χ1v) is 7.85. The van der Waals surface area contributed by atoms with E-state index in [0.29, 0.717) is 12.1 Å². The summed E-state index contributed by atoms with van der Waals surface area (Å²) >= 11 is 5.82. The molecule has 2 aromatic rings. The summed E-state index contributed by atoms with van der Waals surface area (Å²) in [5.74, 6) is -2.96. The van der Waals surface area contributed by atoms with Crippen molar-refractivity contribution >= 4 is 17.6 Å². The Labute approximate surface area is 163 Å². The fourth-order valence-electron chi connectivity index (χ4n) is 2.12. The summed E-state index contributed by atoms with van der Waals surface area (Å²) in [5.41, 5.74) is -5.32. The van der Waals surface area contributed by atoms with Crippen molar-refractivity contribution in [3.63, 3.8) is 0 Å². The van der Waals surface area contributed by atoms with Crippen LogP contribution in [0.1, 0.15) is 5.69 Å². The highest BCUT2D eigenvalue weighted by Crippen LogP contribution is 2.30. The number of carboxylic acids is 1. The summed E-state index contributed by atoms with van der Waals surface area (Å²) in [4.78, 5) is 36.1. The number of H-pyrrole nitrogens is 1. The lowest BCUT2D eigenvalue weighted by Gasteiger charge is -2.13. The first-order chi connectivity index (χ1) is 13.4. The Bertz CT molecular complexity index is 1060. The minimum atomic E-state index is -4.99. The van der Waals surface area contributed by atoms with Gasteiger partial charge in [0.25, 0.3) is 5.56 Å². The topological polar surface area (TPSA) is 111 Å². The van der Waals surface area contributed by atoms with Crippen molar-refractivity contribution < 1.29 is 36.9 Å². The molecule has 0 spiro atoms. The molecule has 0 atom stereocenters. The Morgan fingerprint density at radius 3 is 2.48 bits per heavy atom. The molecule has 0 unspecified atom stereocenters. The van der Waals surface area contributed by atoms with Gasteiger partial charge in [0.15, 0.2) is 0 Å². The molecule has 1 heterocycles. The molecule has 8 nitrogen and oxygen atoms in total. The van der Waals surface area contributed by atoms with Gasteiger partial charge in [0.05, 0.1) is 23.9 Å². The Morgan fingerprint density at radius 1 is 1.31 bits per heavy atom. The number of aromatic nitrogens is 2. The maximum absolute atomic E-state index is 14.3. The molecule has 2 N–H and O–H groups in total. The lowest BCUT2D eigenvalue weighted by Crippen LogP contribution is -2.36. The third kappa shape index (κ3) is 5.16. The number of carbonyl (C=O) groups is 1. The van der Waals surface area contributed by atoms with Crippen LogP contribution in [0.15, 0.2) is 39.6 Å². The molecule has 1 aromatic heterocycles. The van der Waals surface area contributed by atoms with Gasteiger partial charge in [-0.05, 0) is 6.07 Å². The maximum atomic E-state index is 14.3. The van der Waals surface area contributed by atoms with Crippen LogP contribution < -0.4 is 16.0 Å². The van der Waals surface area contributed by atoms with E-state index >= 15 is 0 Å². The van der Waals surface area contributed by atoms with Crippen LogP contribution in [0, 0.1) is 5.82 Å². The van der Waals surface area contributed by atoms with Crippen molar-refractivity contribution in [1.29, 1.82) is 0 Å². The number of ether oxygens (including phenoxy) is 2. The molecule has 1 aromatic carbocycles. The maximum Gasteiger partial charge on any atom is 0.431 e. The highest BCUT2D eigenvalue weighted by molar-refractivity contribution is 6.32. The van der Waals surface area contributed by atoms with Gasteiger partial charge in [-0.15, -0.1) is 0 Å². The normalized spacial score (nSPS) is 12.0. The number of benzene rings is 1. The number of aromatic amines is 1. The largest absolute Gasteiger partial charge is 0.497 e. The number of hydrogen-bond donors (Lipinski definition) is 2. The summed E-state index contributed by atoms with van der Waals surface area (Å²) in [5, 5.41) is 8.38. The summed E-state index contributed by atoms with van der Waals surface area (Å²) in [7, 11) is 1.16. The van der Waals surface area contributed by atoms with Gasteiger partial charge in [-0.3, -0.25) is 4.79 Å². The van der Waals surface area contributed by atoms with E-state index in [4.69, 9.17) is 26.2 Å². The van der Waals surface area contributed by atoms with Crippen LogP contribution in [0.5, 0.6) is 5.75 Å². The number of halogens is 5. The first kappa shape index (κ1) is 22.0. The number of nitrogens with one attached hydrogen (secondary N) is 1. The van der Waals surface area contributed by atoms with Crippen molar-refractivity contribution in [2.24, 2.45) is 0 Å². The van der Waals surface area contributed by atoms with Gasteiger partial charge in [-0.25, -0.2) is 18.5 Å². The molecule has 0 aliphatic carbocycles. The van der Waals surface area contributed by atoms with Crippen LogP contribution in [-0.2, 0) is 15.7 Å². The number of rotatable bonds is 6. The fourth-order valence-corrected chi connectivity index (χ4v) is 2.33. The number of aliphatic carboxylic acids is 1. The van der Waals surface area contributed by atoms with E-state index in [2.05, 4.69) is 0 Å². The predicted octanol–water partition coefficient (Wildman–Crippen LogP) is 2.33. The number of methoxy groups -OCH3 is 1. The Balaban J connectivity index is 2.51. The van der Waals surface area contributed by atoms with Gasteiger partial charge in [-0.2, -0.15) is 13.2 Å². The molecule has 0 fully saturated rings. The van der Waals surface area contributed by atoms with E-state index in [1.165, 1.54) is 4.98 Å². The van der Waals surface area contributed by atoms with E-state index in [1.54, 1.807) is 0 Å². The quantitative estimate of drug-likeness (QED) is 0.407. The van der Waals surface area contributed by atoms with Crippen LogP contribution >= 0.6 is 11.6 Å². The van der Waals surface area contributed by atoms with Gasteiger partial charge in [-0.1, -0.05) is 11.6 Å². The Hall–Kier alpha value is -3.28. The minimum Gasteiger partial charge on any atom is -0.497 e. The van der Waals surface area contributed by atoms with Crippen molar-refractivity contribution in [3.05, 3.63) is 67.4 Å². The predicted molar refractivity (Wildman–Crippen MR) is 90.9 cm³/mol. The molecular formula is C16H11ClF4N2O6. The summed E-state index contributed by atoms with van der Waals surface area (Å²) in [6, 6.07) is 1.56. The van der Waals surface area contributed by atoms with Crippen LogP contribution in [0.2, 0.25) is 5.02 Å². The Kier molecular flexibility index (Phi) is 6.37. The second kappa shape index (κ2) is 8.39. The zero-order valence-electron chi connectivity index (χ0n) is 14.3.